The van der Waals surface area contributed by atoms with Gasteiger partial charge in [0, 0.05) is 24.1 Å². The molecule has 6 heteroatoms. The number of amides is 1. The molecule has 1 aromatic heterocycles. The summed E-state index contributed by atoms with van der Waals surface area (Å²) in [6.45, 7) is -0.166. The van der Waals surface area contributed by atoms with Crippen molar-refractivity contribution in [2.45, 2.75) is 6.61 Å². The number of nitrogens with one attached hydrogen (secondary N) is 1. The molecule has 0 aliphatic heterocycles. The zero-order valence-electron chi connectivity index (χ0n) is 13.8. The Morgan fingerprint density at radius 1 is 1.04 bits per heavy atom. The van der Waals surface area contributed by atoms with Gasteiger partial charge in [-0.1, -0.05) is 48.5 Å². The summed E-state index contributed by atoms with van der Waals surface area (Å²) in [7, 11) is 1.85. The van der Waals surface area contributed by atoms with Crippen molar-refractivity contribution in [2.75, 3.05) is 6.61 Å². The molecule has 0 saturated heterocycles. The molecule has 0 aliphatic rings. The first-order valence-corrected chi connectivity index (χ1v) is 7.81. The fourth-order valence-electron chi connectivity index (χ4n) is 2.52. The Kier molecular flexibility index (Phi) is 5.11. The Morgan fingerprint density at radius 2 is 1.76 bits per heavy atom. The molecule has 0 atom stereocenters. The van der Waals surface area contributed by atoms with Crippen LogP contribution in [-0.4, -0.2) is 23.1 Å². The number of aryl methyl sites for hydroxylation is 1. The molecule has 0 saturated carbocycles. The second-order valence-corrected chi connectivity index (χ2v) is 5.55. The fourth-order valence-corrected chi connectivity index (χ4v) is 2.52. The first kappa shape index (κ1) is 16.7. The molecule has 0 bridgehead atoms. The molecule has 1 N–H and O–H groups in total. The summed E-state index contributed by atoms with van der Waals surface area (Å²) in [5, 5.41) is 0.788. The van der Waals surface area contributed by atoms with Crippen LogP contribution in [0.5, 0.6) is 0 Å². The number of carbonyl (C=O) groups excluding carboxylic acids is 2. The number of carbonyl (C=O) groups is 2. The van der Waals surface area contributed by atoms with Crippen LogP contribution >= 0.6 is 0 Å². The summed E-state index contributed by atoms with van der Waals surface area (Å²) in [4.78, 5) is 29.0. The molecule has 3 aromatic rings. The van der Waals surface area contributed by atoms with Gasteiger partial charge in [-0.15, -0.1) is 0 Å². The summed E-state index contributed by atoms with van der Waals surface area (Å²) in [5.74, 6) is -1.07. The highest BCUT2D eigenvalue weighted by molar-refractivity contribution is 6.04. The van der Waals surface area contributed by atoms with Gasteiger partial charge in [-0.3, -0.25) is 9.63 Å². The van der Waals surface area contributed by atoms with Gasteiger partial charge in [0.15, 0.2) is 6.61 Å². The molecule has 2 aromatic carbocycles. The number of hydroxylamine groups is 1. The maximum atomic E-state index is 12.2. The average molecular weight is 338 g/mol. The Hall–Kier alpha value is -3.12. The van der Waals surface area contributed by atoms with E-state index in [4.69, 9.17) is 9.57 Å². The predicted octanol–water partition coefficient (Wildman–Crippen LogP) is 2.58. The van der Waals surface area contributed by atoms with E-state index in [0.29, 0.717) is 5.56 Å². The molecule has 25 heavy (non-hydrogen) atoms. The maximum Gasteiger partial charge on any atom is 0.340 e. The zero-order valence-corrected chi connectivity index (χ0v) is 13.8. The number of benzene rings is 2. The first-order chi connectivity index (χ1) is 12.1. The van der Waals surface area contributed by atoms with Crippen LogP contribution in [0.3, 0.4) is 0 Å². The van der Waals surface area contributed by atoms with E-state index < -0.39 is 18.5 Å². The van der Waals surface area contributed by atoms with Crippen LogP contribution in [-0.2, 0) is 28.0 Å². The number of rotatable bonds is 6. The van der Waals surface area contributed by atoms with Gasteiger partial charge in [0.05, 0.1) is 12.2 Å². The molecule has 3 rings (SSSR count). The summed E-state index contributed by atoms with van der Waals surface area (Å²) in [6, 6.07) is 16.9. The minimum absolute atomic E-state index is 0.240. The summed E-state index contributed by atoms with van der Waals surface area (Å²) in [6.07, 6.45) is 1.69. The molecule has 1 heterocycles. The van der Waals surface area contributed by atoms with Crippen molar-refractivity contribution in [1.29, 1.82) is 0 Å². The lowest BCUT2D eigenvalue weighted by molar-refractivity contribution is -0.137. The van der Waals surface area contributed by atoms with E-state index in [1.807, 2.05) is 66.2 Å². The lowest BCUT2D eigenvalue weighted by Crippen LogP contribution is -2.28. The first-order valence-electron chi connectivity index (χ1n) is 7.81. The van der Waals surface area contributed by atoms with Crippen LogP contribution < -0.4 is 5.48 Å². The number of hydrogen-bond acceptors (Lipinski definition) is 4. The molecule has 0 aliphatic carbocycles. The van der Waals surface area contributed by atoms with Crippen molar-refractivity contribution in [3.63, 3.8) is 0 Å². The number of ether oxygens (including phenoxy) is 1. The van der Waals surface area contributed by atoms with Gasteiger partial charge in [-0.05, 0) is 11.6 Å². The van der Waals surface area contributed by atoms with Crippen molar-refractivity contribution in [1.82, 2.24) is 10.0 Å². The summed E-state index contributed by atoms with van der Waals surface area (Å²) >= 11 is 0. The molecule has 6 nitrogen and oxygen atoms in total. The quantitative estimate of drug-likeness (QED) is 0.554. The van der Waals surface area contributed by atoms with Crippen LogP contribution in [0.15, 0.2) is 60.8 Å². The van der Waals surface area contributed by atoms with Crippen LogP contribution in [0, 0.1) is 0 Å². The smallest absolute Gasteiger partial charge is 0.340 e. The van der Waals surface area contributed by atoms with Crippen LogP contribution in [0.4, 0.5) is 0 Å². The van der Waals surface area contributed by atoms with Crippen molar-refractivity contribution in [2.24, 2.45) is 7.05 Å². The number of para-hydroxylation sites is 1. The normalized spacial score (nSPS) is 10.6. The molecule has 0 fully saturated rings. The molecule has 0 radical (unpaired) electrons. The third-order valence-corrected chi connectivity index (χ3v) is 3.72. The van der Waals surface area contributed by atoms with Gasteiger partial charge < -0.3 is 9.30 Å². The van der Waals surface area contributed by atoms with E-state index in [9.17, 15) is 9.59 Å². The van der Waals surface area contributed by atoms with E-state index in [2.05, 4.69) is 5.48 Å². The second kappa shape index (κ2) is 7.63. The summed E-state index contributed by atoms with van der Waals surface area (Å²) in [5.41, 5.74) is 4.53. The Bertz CT molecular complexity index is 887. The highest BCUT2D eigenvalue weighted by atomic mass is 16.7. The van der Waals surface area contributed by atoms with E-state index in [-0.39, 0.29) is 6.61 Å². The lowest BCUT2D eigenvalue weighted by Gasteiger charge is -2.06. The monoisotopic (exact) mass is 338 g/mol. The standard InChI is InChI=1S/C19H18N2O4/c1-21-11-16(15-9-5-6-10-17(15)21)19(23)24-13-18(22)20-25-12-14-7-3-2-4-8-14/h2-11H,12-13H2,1H3,(H,20,22). The lowest BCUT2D eigenvalue weighted by atomic mass is 10.2. The van der Waals surface area contributed by atoms with Gasteiger partial charge in [0.25, 0.3) is 5.91 Å². The predicted molar refractivity (Wildman–Crippen MR) is 92.6 cm³/mol. The molecular weight excluding hydrogens is 320 g/mol. The average Bonchev–Trinajstić information content (AvgIpc) is 2.98. The topological polar surface area (TPSA) is 69.6 Å². The van der Waals surface area contributed by atoms with Gasteiger partial charge in [-0.25, -0.2) is 10.3 Å². The highest BCUT2D eigenvalue weighted by Gasteiger charge is 2.16. The van der Waals surface area contributed by atoms with Crippen LogP contribution in [0.1, 0.15) is 15.9 Å². The SMILES string of the molecule is Cn1cc(C(=O)OCC(=O)NOCc2ccccc2)c2ccccc21. The second-order valence-electron chi connectivity index (χ2n) is 5.55. The maximum absolute atomic E-state index is 12.2. The van der Waals surface area contributed by atoms with Crippen molar-refractivity contribution in [3.05, 3.63) is 71.9 Å². The number of esters is 1. The Balaban J connectivity index is 1.50. The van der Waals surface area contributed by atoms with Crippen LogP contribution in [0.2, 0.25) is 0 Å². The molecule has 1 amide bonds. The van der Waals surface area contributed by atoms with Crippen molar-refractivity contribution >= 4 is 22.8 Å². The molecular formula is C19H18N2O4. The number of fused-ring (bicyclic) bond motifs is 1. The minimum Gasteiger partial charge on any atom is -0.452 e. The van der Waals surface area contributed by atoms with E-state index in [0.717, 1.165) is 16.5 Å². The van der Waals surface area contributed by atoms with Gasteiger partial charge in [0.2, 0.25) is 0 Å². The van der Waals surface area contributed by atoms with E-state index >= 15 is 0 Å². The molecule has 0 unspecified atom stereocenters. The van der Waals surface area contributed by atoms with Gasteiger partial charge in [-0.2, -0.15) is 0 Å². The van der Waals surface area contributed by atoms with Crippen molar-refractivity contribution < 1.29 is 19.2 Å². The van der Waals surface area contributed by atoms with Crippen LogP contribution in [0.25, 0.3) is 10.9 Å². The van der Waals surface area contributed by atoms with Gasteiger partial charge >= 0.3 is 5.97 Å². The Morgan fingerprint density at radius 3 is 2.56 bits per heavy atom. The minimum atomic E-state index is -0.546. The third kappa shape index (κ3) is 4.05. The summed E-state index contributed by atoms with van der Waals surface area (Å²) < 4.78 is 6.91. The largest absolute Gasteiger partial charge is 0.452 e. The molecule has 0 spiro atoms. The van der Waals surface area contributed by atoms with E-state index in [1.165, 1.54) is 0 Å². The number of hydrogen-bond donors (Lipinski definition) is 1. The number of nitrogens with zero attached hydrogens (tertiary/aromatic N) is 1. The third-order valence-electron chi connectivity index (χ3n) is 3.72. The highest BCUT2D eigenvalue weighted by Crippen LogP contribution is 2.20. The van der Waals surface area contributed by atoms with Crippen molar-refractivity contribution in [3.8, 4) is 0 Å². The van der Waals surface area contributed by atoms with Gasteiger partial charge in [0.1, 0.15) is 0 Å². The molecule has 128 valence electrons. The number of aromatic nitrogens is 1. The fraction of sp³-hybridized carbons (Fsp3) is 0.158. The van der Waals surface area contributed by atoms with E-state index in [1.54, 1.807) is 6.20 Å². The zero-order chi connectivity index (χ0) is 17.6. The Labute approximate surface area is 144 Å².